The van der Waals surface area contributed by atoms with Crippen LogP contribution in [-0.2, 0) is 11.2 Å². The van der Waals surface area contributed by atoms with E-state index >= 15 is 0 Å². The van der Waals surface area contributed by atoms with Gasteiger partial charge in [-0.15, -0.1) is 10.2 Å². The second-order valence-electron chi connectivity index (χ2n) is 7.09. The summed E-state index contributed by atoms with van der Waals surface area (Å²) in [6.07, 6.45) is 0.672. The summed E-state index contributed by atoms with van der Waals surface area (Å²) in [5, 5.41) is 11.5. The molecular formula is C22H25N3O2S. The molecule has 3 rings (SSSR count). The standard InChI is InChI=1S/C22H25N3O2S/c1-15(2)18-10-7-11-19(13-18)23-20(26)14-28-22-25-24-21(27-22)12-16(3)17-8-5-4-6-9-17/h4-11,13,15-16H,12,14H2,1-3H3,(H,23,26). The summed E-state index contributed by atoms with van der Waals surface area (Å²) >= 11 is 1.25. The van der Waals surface area contributed by atoms with Crippen LogP contribution < -0.4 is 5.32 Å². The van der Waals surface area contributed by atoms with Crippen LogP contribution in [0.4, 0.5) is 5.69 Å². The molecular weight excluding hydrogens is 370 g/mol. The largest absolute Gasteiger partial charge is 0.416 e. The highest BCUT2D eigenvalue weighted by molar-refractivity contribution is 7.99. The lowest BCUT2D eigenvalue weighted by Gasteiger charge is -2.09. The number of anilines is 1. The highest BCUT2D eigenvalue weighted by Gasteiger charge is 2.14. The maximum absolute atomic E-state index is 12.2. The number of nitrogens with one attached hydrogen (secondary N) is 1. The average Bonchev–Trinajstić information content (AvgIpc) is 3.14. The number of amides is 1. The Kier molecular flexibility index (Phi) is 6.87. The van der Waals surface area contributed by atoms with Crippen molar-refractivity contribution >= 4 is 23.4 Å². The molecule has 6 heteroatoms. The molecule has 28 heavy (non-hydrogen) atoms. The van der Waals surface area contributed by atoms with Gasteiger partial charge in [0.1, 0.15) is 0 Å². The molecule has 1 unspecified atom stereocenters. The molecule has 0 bridgehead atoms. The van der Waals surface area contributed by atoms with E-state index in [1.165, 1.54) is 22.9 Å². The molecule has 0 aliphatic carbocycles. The summed E-state index contributed by atoms with van der Waals surface area (Å²) in [7, 11) is 0. The number of rotatable bonds is 8. The maximum Gasteiger partial charge on any atom is 0.277 e. The molecule has 1 amide bonds. The van der Waals surface area contributed by atoms with Crippen LogP contribution in [0.2, 0.25) is 0 Å². The van der Waals surface area contributed by atoms with Crippen LogP contribution in [0.25, 0.3) is 0 Å². The fourth-order valence-electron chi connectivity index (χ4n) is 2.84. The fraction of sp³-hybridized carbons (Fsp3) is 0.318. The van der Waals surface area contributed by atoms with E-state index in [1.54, 1.807) is 0 Å². The highest BCUT2D eigenvalue weighted by atomic mass is 32.2. The average molecular weight is 396 g/mol. The number of aromatic nitrogens is 2. The van der Waals surface area contributed by atoms with Crippen LogP contribution in [0.3, 0.4) is 0 Å². The minimum Gasteiger partial charge on any atom is -0.416 e. The fourth-order valence-corrected chi connectivity index (χ4v) is 3.42. The predicted molar refractivity (Wildman–Crippen MR) is 113 cm³/mol. The minimum atomic E-state index is -0.0942. The predicted octanol–water partition coefficient (Wildman–Crippen LogP) is 5.27. The molecule has 1 heterocycles. The highest BCUT2D eigenvalue weighted by Crippen LogP contribution is 2.23. The summed E-state index contributed by atoms with van der Waals surface area (Å²) < 4.78 is 5.69. The Bertz CT molecular complexity index is 909. The number of thioether (sulfide) groups is 1. The Morgan fingerprint density at radius 1 is 1.04 bits per heavy atom. The van der Waals surface area contributed by atoms with E-state index in [9.17, 15) is 4.79 Å². The van der Waals surface area contributed by atoms with Crippen molar-refractivity contribution in [2.45, 2.75) is 44.3 Å². The van der Waals surface area contributed by atoms with Gasteiger partial charge < -0.3 is 9.73 Å². The van der Waals surface area contributed by atoms with Gasteiger partial charge in [0.05, 0.1) is 5.75 Å². The van der Waals surface area contributed by atoms with E-state index in [0.717, 1.165) is 5.69 Å². The van der Waals surface area contributed by atoms with Gasteiger partial charge in [0.2, 0.25) is 11.8 Å². The zero-order chi connectivity index (χ0) is 19.9. The minimum absolute atomic E-state index is 0.0942. The van der Waals surface area contributed by atoms with E-state index in [0.29, 0.717) is 23.5 Å². The first-order valence-electron chi connectivity index (χ1n) is 9.41. The molecule has 0 aliphatic rings. The van der Waals surface area contributed by atoms with Gasteiger partial charge in [0.15, 0.2) is 0 Å². The second kappa shape index (κ2) is 9.55. The molecule has 5 nitrogen and oxygen atoms in total. The van der Waals surface area contributed by atoms with Crippen LogP contribution in [0.5, 0.6) is 0 Å². The lowest BCUT2D eigenvalue weighted by atomic mass is 9.98. The van der Waals surface area contributed by atoms with E-state index < -0.39 is 0 Å². The smallest absolute Gasteiger partial charge is 0.277 e. The van der Waals surface area contributed by atoms with Gasteiger partial charge in [-0.05, 0) is 35.1 Å². The molecule has 0 saturated heterocycles. The van der Waals surface area contributed by atoms with E-state index in [4.69, 9.17) is 4.42 Å². The number of carbonyl (C=O) groups excluding carboxylic acids is 1. The van der Waals surface area contributed by atoms with Gasteiger partial charge in [-0.3, -0.25) is 4.79 Å². The molecule has 2 aromatic carbocycles. The molecule has 1 atom stereocenters. The maximum atomic E-state index is 12.2. The molecule has 0 spiro atoms. The zero-order valence-corrected chi connectivity index (χ0v) is 17.2. The SMILES string of the molecule is CC(C)c1cccc(NC(=O)CSc2nnc(CC(C)c3ccccc3)o2)c1. The van der Waals surface area contributed by atoms with E-state index in [1.807, 2.05) is 36.4 Å². The van der Waals surface area contributed by atoms with Crippen LogP contribution in [0.1, 0.15) is 49.6 Å². The van der Waals surface area contributed by atoms with Crippen LogP contribution in [-0.4, -0.2) is 21.9 Å². The van der Waals surface area contributed by atoms with Crippen LogP contribution in [0.15, 0.2) is 64.2 Å². The van der Waals surface area contributed by atoms with Crippen molar-refractivity contribution < 1.29 is 9.21 Å². The number of nitrogens with zero attached hydrogens (tertiary/aromatic N) is 2. The molecule has 0 aliphatic heterocycles. The number of benzene rings is 2. The summed E-state index contributed by atoms with van der Waals surface area (Å²) in [4.78, 5) is 12.2. The van der Waals surface area contributed by atoms with Gasteiger partial charge in [-0.1, -0.05) is 75.0 Å². The first-order valence-corrected chi connectivity index (χ1v) is 10.4. The third kappa shape index (κ3) is 5.70. The van der Waals surface area contributed by atoms with Gasteiger partial charge in [-0.2, -0.15) is 0 Å². The monoisotopic (exact) mass is 395 g/mol. The first kappa shape index (κ1) is 20.1. The normalized spacial score (nSPS) is 12.1. The van der Waals surface area contributed by atoms with Crippen molar-refractivity contribution in [1.82, 2.24) is 10.2 Å². The number of carbonyl (C=O) groups is 1. The number of hydrogen-bond acceptors (Lipinski definition) is 5. The Morgan fingerprint density at radius 3 is 2.54 bits per heavy atom. The molecule has 0 saturated carbocycles. The Morgan fingerprint density at radius 2 is 1.79 bits per heavy atom. The zero-order valence-electron chi connectivity index (χ0n) is 16.4. The van der Waals surface area contributed by atoms with Crippen molar-refractivity contribution in [3.8, 4) is 0 Å². The molecule has 1 N–H and O–H groups in total. The Labute approximate surface area is 170 Å². The van der Waals surface area contributed by atoms with E-state index in [-0.39, 0.29) is 17.6 Å². The van der Waals surface area contributed by atoms with Crippen molar-refractivity contribution in [1.29, 1.82) is 0 Å². The van der Waals surface area contributed by atoms with Gasteiger partial charge >= 0.3 is 0 Å². The van der Waals surface area contributed by atoms with Crippen molar-refractivity contribution in [2.75, 3.05) is 11.1 Å². The number of hydrogen-bond donors (Lipinski definition) is 1. The molecule has 0 fully saturated rings. The van der Waals surface area contributed by atoms with Crippen LogP contribution in [0, 0.1) is 0 Å². The summed E-state index contributed by atoms with van der Waals surface area (Å²) in [5.41, 5.74) is 3.23. The second-order valence-corrected chi connectivity index (χ2v) is 8.02. The van der Waals surface area contributed by atoms with E-state index in [2.05, 4.69) is 54.5 Å². The summed E-state index contributed by atoms with van der Waals surface area (Å²) in [5.74, 6) is 1.42. The molecule has 146 valence electrons. The molecule has 3 aromatic rings. The Hall–Kier alpha value is -2.60. The lowest BCUT2D eigenvalue weighted by molar-refractivity contribution is -0.113. The molecule has 0 radical (unpaired) electrons. The third-order valence-electron chi connectivity index (χ3n) is 4.46. The van der Waals surface area contributed by atoms with Crippen LogP contribution >= 0.6 is 11.8 Å². The van der Waals surface area contributed by atoms with Gasteiger partial charge in [-0.25, -0.2) is 0 Å². The third-order valence-corrected chi connectivity index (χ3v) is 5.28. The Balaban J connectivity index is 1.50. The van der Waals surface area contributed by atoms with Gasteiger partial charge in [0, 0.05) is 12.1 Å². The van der Waals surface area contributed by atoms with Gasteiger partial charge in [0.25, 0.3) is 5.22 Å². The molecule has 1 aromatic heterocycles. The quantitative estimate of drug-likeness (QED) is 0.526. The topological polar surface area (TPSA) is 68.0 Å². The van der Waals surface area contributed by atoms with Crippen molar-refractivity contribution in [3.63, 3.8) is 0 Å². The van der Waals surface area contributed by atoms with Crippen molar-refractivity contribution in [3.05, 3.63) is 71.6 Å². The van der Waals surface area contributed by atoms with Crippen molar-refractivity contribution in [2.24, 2.45) is 0 Å². The summed E-state index contributed by atoms with van der Waals surface area (Å²) in [6.45, 7) is 6.39. The summed E-state index contributed by atoms with van der Waals surface area (Å²) in [6, 6.07) is 18.1. The first-order chi connectivity index (χ1) is 13.5. The lowest BCUT2D eigenvalue weighted by Crippen LogP contribution is -2.14.